The summed E-state index contributed by atoms with van der Waals surface area (Å²) >= 11 is 3.54. The number of methoxy groups -OCH3 is 1. The van der Waals surface area contributed by atoms with Gasteiger partial charge in [0.2, 0.25) is 11.8 Å². The van der Waals surface area contributed by atoms with Crippen LogP contribution in [0.5, 0.6) is 5.88 Å². The van der Waals surface area contributed by atoms with Crippen molar-refractivity contribution < 1.29 is 41.9 Å². The number of pyridine rings is 1. The van der Waals surface area contributed by atoms with Crippen LogP contribution in [-0.2, 0) is 14.1 Å². The molecule has 0 unspecified atom stereocenters. The first kappa shape index (κ1) is 39.7. The lowest BCUT2D eigenvalue weighted by atomic mass is 10.0. The van der Waals surface area contributed by atoms with Crippen LogP contribution in [0.1, 0.15) is 18.4 Å². The van der Waals surface area contributed by atoms with E-state index in [9.17, 15) is 22.5 Å². The number of halogens is 4. The van der Waals surface area contributed by atoms with Crippen molar-refractivity contribution in [3.05, 3.63) is 78.0 Å². The Bertz CT molecular complexity index is 2170. The maximum absolute atomic E-state index is 13.4. The maximum Gasteiger partial charge on any atom is 0.490 e. The molecule has 20 heteroatoms. The number of fused-ring (bicyclic) bond motifs is 1. The van der Waals surface area contributed by atoms with E-state index in [1.165, 1.54) is 6.26 Å². The fourth-order valence-electron chi connectivity index (χ4n) is 5.62. The van der Waals surface area contributed by atoms with Gasteiger partial charge in [-0.05, 0) is 72.5 Å². The zero-order valence-corrected chi connectivity index (χ0v) is 31.5. The van der Waals surface area contributed by atoms with Crippen molar-refractivity contribution >= 4 is 86.5 Å². The Morgan fingerprint density at radius 2 is 1.81 bits per heavy atom. The molecule has 5 heterocycles. The van der Waals surface area contributed by atoms with Crippen molar-refractivity contribution in [3.63, 3.8) is 0 Å². The molecule has 3 N–H and O–H groups in total. The molecule has 6 rings (SSSR count). The van der Waals surface area contributed by atoms with E-state index in [0.717, 1.165) is 24.2 Å². The number of aliphatic carboxylic acids is 1. The maximum atomic E-state index is 13.4. The Balaban J connectivity index is 0.000000730. The smallest absolute Gasteiger partial charge is 0.479 e. The van der Waals surface area contributed by atoms with Crippen LogP contribution in [0, 0.1) is 0 Å². The van der Waals surface area contributed by atoms with E-state index >= 15 is 0 Å². The van der Waals surface area contributed by atoms with Crippen molar-refractivity contribution in [2.45, 2.75) is 25.1 Å². The van der Waals surface area contributed by atoms with Gasteiger partial charge in [-0.2, -0.15) is 23.1 Å². The van der Waals surface area contributed by atoms with Crippen LogP contribution in [0.4, 0.5) is 46.9 Å². The number of hydrogen-bond acceptors (Lipinski definition) is 13. The largest absolute Gasteiger partial charge is 0.490 e. The van der Waals surface area contributed by atoms with Crippen LogP contribution in [0.25, 0.3) is 17.1 Å². The minimum Gasteiger partial charge on any atom is -0.479 e. The van der Waals surface area contributed by atoms with Gasteiger partial charge in [-0.1, -0.05) is 12.7 Å². The fourth-order valence-corrected chi connectivity index (χ4v) is 7.30. The van der Waals surface area contributed by atoms with Gasteiger partial charge in [-0.3, -0.25) is 14.9 Å². The number of benzene rings is 1. The molecule has 4 aromatic rings. The van der Waals surface area contributed by atoms with Gasteiger partial charge in [0, 0.05) is 49.5 Å². The number of rotatable bonds is 9. The molecule has 1 amide bonds. The zero-order chi connectivity index (χ0) is 39.2. The first-order valence-corrected chi connectivity index (χ1v) is 19.4. The average Bonchev–Trinajstić information content (AvgIpc) is 3.36. The molecule has 15 nitrogen and oxygen atoms in total. The van der Waals surface area contributed by atoms with E-state index in [-0.39, 0.29) is 18.1 Å². The third-order valence-corrected chi connectivity index (χ3v) is 10.1. The summed E-state index contributed by atoms with van der Waals surface area (Å²) in [5, 5.41) is 14.3. The summed E-state index contributed by atoms with van der Waals surface area (Å²) in [5.41, 5.74) is 3.18. The van der Waals surface area contributed by atoms with Crippen LogP contribution in [0.15, 0.2) is 72.5 Å². The summed E-state index contributed by atoms with van der Waals surface area (Å²) in [6.45, 7) is 8.77. The molecule has 1 aromatic carbocycles. The van der Waals surface area contributed by atoms with E-state index < -0.39 is 19.3 Å². The lowest BCUT2D eigenvalue weighted by Crippen LogP contribution is -2.45. The topological polar surface area (TPSA) is 185 Å². The highest BCUT2D eigenvalue weighted by molar-refractivity contribution is 9.10. The molecule has 2 aliphatic rings. The Morgan fingerprint density at radius 1 is 1.11 bits per heavy atom. The molecule has 54 heavy (non-hydrogen) atoms. The van der Waals surface area contributed by atoms with Crippen molar-refractivity contribution in [1.82, 2.24) is 29.8 Å². The third-order valence-electron chi connectivity index (χ3n) is 8.02. The zero-order valence-electron chi connectivity index (χ0n) is 29.0. The Labute approximate surface area is 315 Å². The van der Waals surface area contributed by atoms with Crippen LogP contribution in [-0.4, -0.2) is 92.7 Å². The third kappa shape index (κ3) is 9.32. The summed E-state index contributed by atoms with van der Waals surface area (Å²) in [4.78, 5) is 47.9. The van der Waals surface area contributed by atoms with Crippen LogP contribution in [0.3, 0.4) is 0 Å². The monoisotopic (exact) mass is 831 g/mol. The fraction of sp³-hybridized carbons (Fsp3) is 0.265. The predicted octanol–water partition coefficient (Wildman–Crippen LogP) is 7.05. The number of nitrogens with one attached hydrogen (secondary N) is 2. The number of anilines is 5. The molecule has 0 atom stereocenters. The molecular weight excluding hydrogens is 798 g/mol. The molecule has 3 aromatic heterocycles. The van der Waals surface area contributed by atoms with Crippen molar-refractivity contribution in [3.8, 4) is 5.88 Å². The van der Waals surface area contributed by atoms with Gasteiger partial charge in [-0.15, -0.1) is 0 Å². The number of aromatic nitrogens is 5. The lowest BCUT2D eigenvalue weighted by Gasteiger charge is -2.37. The summed E-state index contributed by atoms with van der Waals surface area (Å²) in [7, 11) is -1.23. The molecular formula is C34H34BrF3N9O6P. The molecule has 0 aliphatic carbocycles. The first-order valence-electron chi connectivity index (χ1n) is 16.0. The Morgan fingerprint density at radius 3 is 2.46 bits per heavy atom. The standard InChI is InChI=1S/C32H33BrN9O4P.C2HF3O2/c1-5-20-18-25(30(45-2)40-29(20)41-15-10-21(11-16-41)42-14-6-7-17-46-32(42)43)38-31-36-19-22(33)28(39-31)37-24-9-8-23-26(35-13-12-34-23)27(24)47(3,4)44;3-2(4,5)1(6)7/h5-9,12-14,17-19,21H,1,10-11,15-16H2,2-4H3,(H2,36,37,38,39);(H,6,7). The number of nitrogens with zero attached hydrogens (tertiary/aromatic N) is 7. The summed E-state index contributed by atoms with van der Waals surface area (Å²) < 4.78 is 56.6. The van der Waals surface area contributed by atoms with Crippen LogP contribution in [0.2, 0.25) is 0 Å². The minimum atomic E-state index is -5.08. The number of allylic oxidation sites excluding steroid dienone is 2. The molecule has 2 aliphatic heterocycles. The second kappa shape index (κ2) is 16.6. The van der Waals surface area contributed by atoms with Crippen molar-refractivity contribution in [2.75, 3.05) is 49.1 Å². The minimum absolute atomic E-state index is 0.0162. The van der Waals surface area contributed by atoms with E-state index in [4.69, 9.17) is 29.3 Å². The van der Waals surface area contributed by atoms with Crippen molar-refractivity contribution in [1.29, 1.82) is 0 Å². The quantitative estimate of drug-likeness (QED) is 0.146. The first-order chi connectivity index (χ1) is 25.6. The number of carbonyl (C=O) groups is 2. The number of carbonyl (C=O) groups excluding carboxylic acids is 1. The van der Waals surface area contributed by atoms with Gasteiger partial charge in [0.05, 0.1) is 34.4 Å². The van der Waals surface area contributed by atoms with Gasteiger partial charge in [0.15, 0.2) is 0 Å². The Kier molecular flexibility index (Phi) is 12.2. The van der Waals surface area contributed by atoms with Crippen molar-refractivity contribution in [2.24, 2.45) is 0 Å². The molecule has 1 fully saturated rings. The van der Waals surface area contributed by atoms with E-state index in [1.54, 1.807) is 68.4 Å². The average molecular weight is 833 g/mol. The van der Waals surface area contributed by atoms with Gasteiger partial charge < -0.3 is 34.7 Å². The molecule has 0 saturated carbocycles. The lowest BCUT2D eigenvalue weighted by molar-refractivity contribution is -0.192. The number of carboxylic acid groups (broad SMARTS) is 1. The van der Waals surface area contributed by atoms with Gasteiger partial charge in [0.25, 0.3) is 0 Å². The molecule has 0 radical (unpaired) electrons. The number of alkyl halides is 3. The van der Waals surface area contributed by atoms with E-state index in [0.29, 0.717) is 57.0 Å². The molecule has 1 saturated heterocycles. The second-order valence-corrected chi connectivity index (χ2v) is 16.0. The molecule has 0 spiro atoms. The number of cyclic esters (lactones) is 1. The highest BCUT2D eigenvalue weighted by Gasteiger charge is 2.38. The van der Waals surface area contributed by atoms with Crippen LogP contribution >= 0.6 is 23.1 Å². The Hall–Kier alpha value is -5.55. The number of hydrogen-bond donors (Lipinski definition) is 3. The second-order valence-electron chi connectivity index (χ2n) is 12.0. The number of ether oxygens (including phenoxy) is 2. The van der Waals surface area contributed by atoms with Gasteiger partial charge in [-0.25, -0.2) is 14.6 Å². The van der Waals surface area contributed by atoms with E-state index in [1.807, 2.05) is 18.2 Å². The number of carboxylic acids is 1. The van der Waals surface area contributed by atoms with E-state index in [2.05, 4.69) is 53.0 Å². The van der Waals surface area contributed by atoms with Gasteiger partial charge >= 0.3 is 18.2 Å². The summed E-state index contributed by atoms with van der Waals surface area (Å²) in [5.74, 6) is -0.940. The highest BCUT2D eigenvalue weighted by atomic mass is 79.9. The SMILES string of the molecule is C=Cc1cc(Nc2ncc(Br)c(Nc3ccc4nccnc4c3P(C)(C)=O)n2)c(OC)nc1N1CCC(N2C=CC=COC2=O)CC1.O=C(O)C(F)(F)F. The summed E-state index contributed by atoms with van der Waals surface area (Å²) in [6.07, 6.45) is 9.20. The number of amides is 1. The van der Waals surface area contributed by atoms with Crippen LogP contribution < -0.4 is 25.6 Å². The summed E-state index contributed by atoms with van der Waals surface area (Å²) in [6, 6.07) is 5.56. The highest BCUT2D eigenvalue weighted by Crippen LogP contribution is 2.41. The number of piperidine rings is 1. The molecule has 284 valence electrons. The normalized spacial score (nSPS) is 14.8. The van der Waals surface area contributed by atoms with Gasteiger partial charge in [0.1, 0.15) is 30.0 Å². The molecule has 0 bridgehead atoms. The predicted molar refractivity (Wildman–Crippen MR) is 201 cm³/mol.